The molecule has 2 rings (SSSR count). The molecule has 2 heterocycles. The first-order valence-corrected chi connectivity index (χ1v) is 8.11. The van der Waals surface area contributed by atoms with Crippen molar-refractivity contribution >= 4 is 11.8 Å². The fourth-order valence-electron chi connectivity index (χ4n) is 1.93. The summed E-state index contributed by atoms with van der Waals surface area (Å²) in [4.78, 5) is 0. The van der Waals surface area contributed by atoms with Crippen LogP contribution in [0.2, 0.25) is 0 Å². The number of hydrogen-bond donors (Lipinski definition) is 0. The number of hydrogen-bond acceptors (Lipinski definition) is 6. The number of rotatable bonds is 9. The third-order valence-electron chi connectivity index (χ3n) is 2.83. The van der Waals surface area contributed by atoms with E-state index in [1.165, 1.54) is 0 Å². The molecule has 21 heavy (non-hydrogen) atoms. The van der Waals surface area contributed by atoms with E-state index in [0.29, 0.717) is 19.0 Å². The molecule has 0 saturated carbocycles. The Balaban J connectivity index is 2.06. The normalized spacial score (nSPS) is 11.4. The van der Waals surface area contributed by atoms with Crippen LogP contribution in [-0.2, 0) is 16.0 Å². The van der Waals surface area contributed by atoms with Crippen molar-refractivity contribution in [2.24, 2.45) is 0 Å². The molecule has 0 saturated heterocycles. The predicted molar refractivity (Wildman–Crippen MR) is 81.2 cm³/mol. The van der Waals surface area contributed by atoms with Gasteiger partial charge in [0.1, 0.15) is 0 Å². The van der Waals surface area contributed by atoms with Gasteiger partial charge < -0.3 is 13.9 Å². The molecule has 2 aromatic heterocycles. The van der Waals surface area contributed by atoms with Gasteiger partial charge in [0.25, 0.3) is 0 Å². The van der Waals surface area contributed by atoms with Gasteiger partial charge in [0.15, 0.2) is 23.0 Å². The second-order valence-corrected chi connectivity index (χ2v) is 5.17. The van der Waals surface area contributed by atoms with Crippen LogP contribution in [0.5, 0.6) is 0 Å². The second-order valence-electron chi connectivity index (χ2n) is 4.18. The molecule has 0 amide bonds. The topological polar surface area (TPSA) is 62.3 Å². The highest BCUT2D eigenvalue weighted by Crippen LogP contribution is 2.25. The maximum absolute atomic E-state index is 5.54. The molecule has 0 fully saturated rings. The summed E-state index contributed by atoms with van der Waals surface area (Å²) in [6.07, 6.45) is 1.41. The van der Waals surface area contributed by atoms with Crippen LogP contribution in [0.3, 0.4) is 0 Å². The standard InChI is InChI=1S/C14H21N3O3S/c1-4-17-13(11-8-7-9-20-11)15-16-14(17)21-10-12(18-5-2)19-6-3/h7-9,12H,4-6,10H2,1-3H3. The number of ether oxygens (including phenoxy) is 2. The molecular formula is C14H21N3O3S. The molecule has 116 valence electrons. The van der Waals surface area contributed by atoms with Gasteiger partial charge >= 0.3 is 0 Å². The van der Waals surface area contributed by atoms with Crippen LogP contribution in [0.1, 0.15) is 20.8 Å². The van der Waals surface area contributed by atoms with Crippen molar-refractivity contribution in [1.29, 1.82) is 0 Å². The van der Waals surface area contributed by atoms with Crippen LogP contribution in [0.15, 0.2) is 28.0 Å². The maximum atomic E-state index is 5.54. The average molecular weight is 311 g/mol. The summed E-state index contributed by atoms with van der Waals surface area (Å²) in [7, 11) is 0. The van der Waals surface area contributed by atoms with E-state index in [9.17, 15) is 0 Å². The third kappa shape index (κ3) is 4.09. The molecule has 0 bridgehead atoms. The molecular weight excluding hydrogens is 290 g/mol. The molecule has 0 aliphatic heterocycles. The lowest BCUT2D eigenvalue weighted by Crippen LogP contribution is -2.20. The number of aromatic nitrogens is 3. The lowest BCUT2D eigenvalue weighted by molar-refractivity contribution is -0.120. The zero-order chi connectivity index (χ0) is 15.1. The van der Waals surface area contributed by atoms with E-state index >= 15 is 0 Å². The van der Waals surface area contributed by atoms with E-state index in [0.717, 1.165) is 23.3 Å². The van der Waals surface area contributed by atoms with Gasteiger partial charge in [-0.2, -0.15) is 0 Å². The van der Waals surface area contributed by atoms with Crippen LogP contribution in [-0.4, -0.2) is 40.0 Å². The number of furan rings is 1. The summed E-state index contributed by atoms with van der Waals surface area (Å²) in [5, 5.41) is 9.30. The zero-order valence-corrected chi connectivity index (χ0v) is 13.4. The lowest BCUT2D eigenvalue weighted by Gasteiger charge is -2.16. The van der Waals surface area contributed by atoms with E-state index < -0.39 is 0 Å². The summed E-state index contributed by atoms with van der Waals surface area (Å²) in [5.74, 6) is 2.15. The fourth-order valence-corrected chi connectivity index (χ4v) is 2.87. The van der Waals surface area contributed by atoms with Crippen LogP contribution < -0.4 is 0 Å². The van der Waals surface area contributed by atoms with E-state index in [2.05, 4.69) is 17.1 Å². The summed E-state index contributed by atoms with van der Waals surface area (Å²) >= 11 is 1.58. The van der Waals surface area contributed by atoms with Crippen LogP contribution >= 0.6 is 11.8 Å². The monoisotopic (exact) mass is 311 g/mol. The van der Waals surface area contributed by atoms with Gasteiger partial charge in [-0.25, -0.2) is 0 Å². The third-order valence-corrected chi connectivity index (χ3v) is 3.83. The second kappa shape index (κ2) is 8.21. The predicted octanol–water partition coefficient (Wildman–Crippen LogP) is 3.05. The minimum Gasteiger partial charge on any atom is -0.461 e. The first-order chi connectivity index (χ1) is 10.3. The minimum atomic E-state index is -0.223. The molecule has 0 unspecified atom stereocenters. The molecule has 2 aromatic rings. The Morgan fingerprint density at radius 2 is 2.00 bits per heavy atom. The molecule has 0 aliphatic rings. The van der Waals surface area contributed by atoms with Crippen molar-refractivity contribution in [3.8, 4) is 11.6 Å². The van der Waals surface area contributed by atoms with Gasteiger partial charge in [-0.15, -0.1) is 10.2 Å². The minimum absolute atomic E-state index is 0.223. The van der Waals surface area contributed by atoms with Crippen molar-refractivity contribution in [1.82, 2.24) is 14.8 Å². The van der Waals surface area contributed by atoms with Crippen molar-refractivity contribution in [3.63, 3.8) is 0 Å². The maximum Gasteiger partial charge on any atom is 0.200 e. The Labute approximate surface area is 128 Å². The van der Waals surface area contributed by atoms with Gasteiger partial charge in [-0.1, -0.05) is 11.8 Å². The van der Waals surface area contributed by atoms with Crippen molar-refractivity contribution in [3.05, 3.63) is 18.4 Å². The highest BCUT2D eigenvalue weighted by Gasteiger charge is 2.17. The van der Waals surface area contributed by atoms with Crippen LogP contribution in [0, 0.1) is 0 Å². The van der Waals surface area contributed by atoms with E-state index in [1.807, 2.05) is 30.5 Å². The highest BCUT2D eigenvalue weighted by atomic mass is 32.2. The van der Waals surface area contributed by atoms with Gasteiger partial charge in [-0.05, 0) is 32.9 Å². The average Bonchev–Trinajstić information content (AvgIpc) is 3.13. The Kier molecular flexibility index (Phi) is 6.28. The zero-order valence-electron chi connectivity index (χ0n) is 12.6. The van der Waals surface area contributed by atoms with E-state index in [4.69, 9.17) is 13.9 Å². The Hall–Kier alpha value is -1.31. The van der Waals surface area contributed by atoms with Gasteiger partial charge in [0.2, 0.25) is 0 Å². The Bertz CT molecular complexity index is 522. The molecule has 0 spiro atoms. The largest absolute Gasteiger partial charge is 0.461 e. The van der Waals surface area contributed by atoms with Gasteiger partial charge in [-0.3, -0.25) is 4.57 Å². The highest BCUT2D eigenvalue weighted by molar-refractivity contribution is 7.99. The molecule has 0 N–H and O–H groups in total. The van der Waals surface area contributed by atoms with E-state index in [-0.39, 0.29) is 6.29 Å². The lowest BCUT2D eigenvalue weighted by atomic mass is 10.4. The molecule has 0 aromatic carbocycles. The summed E-state index contributed by atoms with van der Waals surface area (Å²) in [5.41, 5.74) is 0. The summed E-state index contributed by atoms with van der Waals surface area (Å²) < 4.78 is 18.5. The Morgan fingerprint density at radius 3 is 2.57 bits per heavy atom. The van der Waals surface area contributed by atoms with Crippen LogP contribution in [0.25, 0.3) is 11.6 Å². The number of nitrogens with zero attached hydrogens (tertiary/aromatic N) is 3. The molecule has 7 heteroatoms. The van der Waals surface area contributed by atoms with Gasteiger partial charge in [0, 0.05) is 19.8 Å². The van der Waals surface area contributed by atoms with Crippen molar-refractivity contribution in [2.75, 3.05) is 19.0 Å². The fraction of sp³-hybridized carbons (Fsp3) is 0.571. The first kappa shape index (κ1) is 16.1. The molecule has 0 radical (unpaired) electrons. The van der Waals surface area contributed by atoms with Crippen LogP contribution in [0.4, 0.5) is 0 Å². The number of thioether (sulfide) groups is 1. The van der Waals surface area contributed by atoms with Crippen molar-refractivity contribution < 1.29 is 13.9 Å². The molecule has 0 aliphatic carbocycles. The van der Waals surface area contributed by atoms with E-state index in [1.54, 1.807) is 18.0 Å². The quantitative estimate of drug-likeness (QED) is 0.524. The first-order valence-electron chi connectivity index (χ1n) is 7.13. The summed E-state index contributed by atoms with van der Waals surface area (Å²) in [6.45, 7) is 8.01. The smallest absolute Gasteiger partial charge is 0.200 e. The molecule has 6 nitrogen and oxygen atoms in total. The van der Waals surface area contributed by atoms with Crippen molar-refractivity contribution in [2.45, 2.75) is 38.8 Å². The summed E-state index contributed by atoms with van der Waals surface area (Å²) in [6, 6.07) is 3.73. The SMILES string of the molecule is CCOC(CSc1nnc(-c2ccco2)n1CC)OCC. The van der Waals surface area contributed by atoms with Gasteiger partial charge in [0.05, 0.1) is 12.0 Å². The molecule has 0 atom stereocenters. The Morgan fingerprint density at radius 1 is 1.24 bits per heavy atom.